The van der Waals surface area contributed by atoms with Crippen molar-refractivity contribution in [1.82, 2.24) is 9.97 Å². The number of hydrogen-bond donors (Lipinski definition) is 0. The van der Waals surface area contributed by atoms with Crippen LogP contribution in [0.1, 0.15) is 64.6 Å². The first-order valence-electron chi connectivity index (χ1n) is 10.3. The van der Waals surface area contributed by atoms with Crippen molar-refractivity contribution in [2.24, 2.45) is 0 Å². The second-order valence-electron chi connectivity index (χ2n) is 8.48. The van der Waals surface area contributed by atoms with Crippen LogP contribution in [0.25, 0.3) is 11.3 Å². The third kappa shape index (κ3) is 5.00. The van der Waals surface area contributed by atoms with Gasteiger partial charge in [-0.1, -0.05) is 25.5 Å². The molecule has 1 aromatic carbocycles. The smallest absolute Gasteiger partial charge is 0.226 e. The van der Waals surface area contributed by atoms with Crippen molar-refractivity contribution in [1.29, 1.82) is 0 Å². The number of hydrogen-bond acceptors (Lipinski definition) is 4. The lowest BCUT2D eigenvalue weighted by Gasteiger charge is -2.28. The Bertz CT molecular complexity index is 774. The molecule has 1 aliphatic rings. The van der Waals surface area contributed by atoms with E-state index in [9.17, 15) is 0 Å². The summed E-state index contributed by atoms with van der Waals surface area (Å²) in [4.78, 5) is 12.2. The fraction of sp³-hybridized carbons (Fsp3) is 0.565. The molecule has 0 N–H and O–H groups in total. The minimum atomic E-state index is -0.217. The largest absolute Gasteiger partial charge is 0.488 e. The summed E-state index contributed by atoms with van der Waals surface area (Å²) in [5.74, 6) is 1.77. The summed E-state index contributed by atoms with van der Waals surface area (Å²) in [6, 6.07) is 8.33. The van der Waals surface area contributed by atoms with E-state index >= 15 is 0 Å². The highest BCUT2D eigenvalue weighted by molar-refractivity contribution is 5.67. The SMILES string of the molecule is CCCc1c(C)nc(N2CCCCC2)nc1-c1cccc(OC(C)(C)C)c1. The average molecular weight is 368 g/mol. The Kier molecular flexibility index (Phi) is 6.03. The average Bonchev–Trinajstić information content (AvgIpc) is 2.63. The van der Waals surface area contributed by atoms with Gasteiger partial charge < -0.3 is 9.64 Å². The molecular weight excluding hydrogens is 334 g/mol. The number of aromatic nitrogens is 2. The first-order chi connectivity index (χ1) is 12.9. The molecule has 0 unspecified atom stereocenters. The molecule has 1 aromatic heterocycles. The van der Waals surface area contributed by atoms with Gasteiger partial charge in [0.1, 0.15) is 11.4 Å². The topological polar surface area (TPSA) is 38.2 Å². The van der Waals surface area contributed by atoms with Gasteiger partial charge in [-0.15, -0.1) is 0 Å². The molecule has 0 bridgehead atoms. The standard InChI is InChI=1S/C23H33N3O/c1-6-11-20-17(2)24-22(26-14-8-7-9-15-26)25-21(20)18-12-10-13-19(16-18)27-23(3,4)5/h10,12-13,16H,6-9,11,14-15H2,1-5H3. The van der Waals surface area contributed by atoms with E-state index in [4.69, 9.17) is 14.7 Å². The van der Waals surface area contributed by atoms with Crippen molar-refractivity contribution in [3.8, 4) is 17.0 Å². The highest BCUT2D eigenvalue weighted by Gasteiger charge is 2.19. The van der Waals surface area contributed by atoms with E-state index in [0.717, 1.165) is 54.6 Å². The quantitative estimate of drug-likeness (QED) is 0.692. The monoisotopic (exact) mass is 367 g/mol. The zero-order valence-electron chi connectivity index (χ0n) is 17.5. The Morgan fingerprint density at radius 3 is 2.48 bits per heavy atom. The van der Waals surface area contributed by atoms with Crippen LogP contribution < -0.4 is 9.64 Å². The van der Waals surface area contributed by atoms with Crippen molar-refractivity contribution in [3.63, 3.8) is 0 Å². The molecule has 146 valence electrons. The minimum absolute atomic E-state index is 0.217. The lowest BCUT2D eigenvalue weighted by Crippen LogP contribution is -2.31. The van der Waals surface area contributed by atoms with Crippen LogP contribution in [-0.4, -0.2) is 28.7 Å². The summed E-state index contributed by atoms with van der Waals surface area (Å²) in [6.45, 7) is 12.7. The molecule has 2 aromatic rings. The fourth-order valence-electron chi connectivity index (χ4n) is 3.67. The number of ether oxygens (including phenoxy) is 1. The molecule has 0 radical (unpaired) electrons. The lowest BCUT2D eigenvalue weighted by molar-refractivity contribution is 0.131. The number of benzene rings is 1. The van der Waals surface area contributed by atoms with Crippen molar-refractivity contribution < 1.29 is 4.74 Å². The van der Waals surface area contributed by atoms with Crippen molar-refractivity contribution >= 4 is 5.95 Å². The molecule has 0 amide bonds. The first kappa shape index (κ1) is 19.7. The maximum absolute atomic E-state index is 6.09. The molecule has 2 heterocycles. The van der Waals surface area contributed by atoms with Gasteiger partial charge >= 0.3 is 0 Å². The van der Waals surface area contributed by atoms with Crippen LogP contribution in [0.4, 0.5) is 5.95 Å². The Morgan fingerprint density at radius 1 is 1.07 bits per heavy atom. The molecule has 0 atom stereocenters. The third-order valence-electron chi connectivity index (χ3n) is 4.87. The van der Waals surface area contributed by atoms with Gasteiger partial charge in [-0.05, 0) is 71.1 Å². The van der Waals surface area contributed by atoms with Crippen molar-refractivity contribution in [2.45, 2.75) is 72.3 Å². The fourth-order valence-corrected chi connectivity index (χ4v) is 3.67. The van der Waals surface area contributed by atoms with Crippen LogP contribution in [0, 0.1) is 6.92 Å². The first-order valence-corrected chi connectivity index (χ1v) is 10.3. The predicted octanol–water partition coefficient (Wildman–Crippen LogP) is 5.57. The van der Waals surface area contributed by atoms with Gasteiger partial charge in [0.15, 0.2) is 0 Å². The highest BCUT2D eigenvalue weighted by Crippen LogP contribution is 2.31. The van der Waals surface area contributed by atoms with Crippen molar-refractivity contribution in [2.75, 3.05) is 18.0 Å². The minimum Gasteiger partial charge on any atom is -0.488 e. The Labute approximate surface area is 164 Å². The zero-order valence-corrected chi connectivity index (χ0v) is 17.5. The molecule has 1 fully saturated rings. The number of aryl methyl sites for hydroxylation is 1. The van der Waals surface area contributed by atoms with E-state index in [2.05, 4.69) is 57.7 Å². The van der Waals surface area contributed by atoms with Gasteiger partial charge in [-0.25, -0.2) is 9.97 Å². The summed E-state index contributed by atoms with van der Waals surface area (Å²) >= 11 is 0. The molecule has 0 aliphatic carbocycles. The molecule has 27 heavy (non-hydrogen) atoms. The van der Waals surface area contributed by atoms with Crippen LogP contribution in [0.5, 0.6) is 5.75 Å². The molecule has 0 saturated carbocycles. The van der Waals surface area contributed by atoms with Gasteiger partial charge in [-0.3, -0.25) is 0 Å². The summed E-state index contributed by atoms with van der Waals surface area (Å²) in [7, 11) is 0. The van der Waals surface area contributed by atoms with Gasteiger partial charge in [0, 0.05) is 24.3 Å². The van der Waals surface area contributed by atoms with Crippen molar-refractivity contribution in [3.05, 3.63) is 35.5 Å². The molecular formula is C23H33N3O. The van der Waals surface area contributed by atoms with E-state index in [-0.39, 0.29) is 5.60 Å². The van der Waals surface area contributed by atoms with Gasteiger partial charge in [0.25, 0.3) is 0 Å². The van der Waals surface area contributed by atoms with E-state index < -0.39 is 0 Å². The van der Waals surface area contributed by atoms with Gasteiger partial charge in [0.2, 0.25) is 5.95 Å². The van der Waals surface area contributed by atoms with E-state index in [0.29, 0.717) is 0 Å². The number of piperidine rings is 1. The highest BCUT2D eigenvalue weighted by atomic mass is 16.5. The second-order valence-corrected chi connectivity index (χ2v) is 8.48. The molecule has 4 nitrogen and oxygen atoms in total. The van der Waals surface area contributed by atoms with Gasteiger partial charge in [0.05, 0.1) is 5.69 Å². The van der Waals surface area contributed by atoms with Gasteiger partial charge in [-0.2, -0.15) is 0 Å². The maximum Gasteiger partial charge on any atom is 0.226 e. The van der Waals surface area contributed by atoms with E-state index in [1.54, 1.807) is 0 Å². The number of nitrogens with zero attached hydrogens (tertiary/aromatic N) is 3. The molecule has 1 aliphatic heterocycles. The summed E-state index contributed by atoms with van der Waals surface area (Å²) < 4.78 is 6.09. The predicted molar refractivity (Wildman–Crippen MR) is 113 cm³/mol. The Balaban J connectivity index is 2.04. The normalized spacial score (nSPS) is 15.1. The second kappa shape index (κ2) is 8.28. The summed E-state index contributed by atoms with van der Waals surface area (Å²) in [5, 5.41) is 0. The Hall–Kier alpha value is -2.10. The number of rotatable bonds is 5. The zero-order chi connectivity index (χ0) is 19.4. The van der Waals surface area contributed by atoms with Crippen LogP contribution in [0.3, 0.4) is 0 Å². The molecule has 0 spiro atoms. The maximum atomic E-state index is 6.09. The lowest BCUT2D eigenvalue weighted by atomic mass is 10.0. The van der Waals surface area contributed by atoms with Crippen LogP contribution in [0.15, 0.2) is 24.3 Å². The van der Waals surface area contributed by atoms with E-state index in [1.165, 1.54) is 24.8 Å². The van der Waals surface area contributed by atoms with Crippen LogP contribution >= 0.6 is 0 Å². The van der Waals surface area contributed by atoms with E-state index in [1.807, 2.05) is 6.07 Å². The summed E-state index contributed by atoms with van der Waals surface area (Å²) in [6.07, 6.45) is 5.83. The molecule has 3 rings (SSSR count). The Morgan fingerprint density at radius 2 is 1.81 bits per heavy atom. The van der Waals surface area contributed by atoms with Crippen LogP contribution in [0.2, 0.25) is 0 Å². The summed E-state index contributed by atoms with van der Waals surface area (Å²) in [5.41, 5.74) is 4.31. The third-order valence-corrected chi connectivity index (χ3v) is 4.87. The van der Waals surface area contributed by atoms with Crippen LogP contribution in [-0.2, 0) is 6.42 Å². The number of anilines is 1. The molecule has 1 saturated heterocycles. The molecule has 4 heteroatoms.